The highest BCUT2D eigenvalue weighted by molar-refractivity contribution is 8.01. The molecular formula is C18H13ClN2O2S. The number of hydrogen-bond acceptors (Lipinski definition) is 3. The van der Waals surface area contributed by atoms with Crippen LogP contribution in [0.4, 0.5) is 11.4 Å². The van der Waals surface area contributed by atoms with E-state index in [1.807, 2.05) is 6.07 Å². The molecule has 120 valence electrons. The van der Waals surface area contributed by atoms with Crippen molar-refractivity contribution in [3.63, 3.8) is 0 Å². The molecule has 0 saturated carbocycles. The minimum Gasteiger partial charge on any atom is -0.326 e. The van der Waals surface area contributed by atoms with Gasteiger partial charge in [-0.05, 0) is 36.4 Å². The summed E-state index contributed by atoms with van der Waals surface area (Å²) in [6, 6.07) is 12.3. The normalized spacial score (nSPS) is 15.8. The van der Waals surface area contributed by atoms with Crippen molar-refractivity contribution in [3.05, 3.63) is 53.1 Å². The molecule has 0 aromatic heterocycles. The molecule has 3 rings (SSSR count). The maximum Gasteiger partial charge on any atom is 0.238 e. The number of anilines is 2. The average molecular weight is 357 g/mol. The maximum atomic E-state index is 12.2. The summed E-state index contributed by atoms with van der Waals surface area (Å²) >= 11 is 7.28. The van der Waals surface area contributed by atoms with Crippen LogP contribution in [0.25, 0.3) is 0 Å². The van der Waals surface area contributed by atoms with Gasteiger partial charge in [0.05, 0.1) is 10.9 Å². The Bertz CT molecular complexity index is 860. The summed E-state index contributed by atoms with van der Waals surface area (Å²) in [5.41, 5.74) is 1.98. The number of carbonyl (C=O) groups is 2. The molecule has 0 bridgehead atoms. The molecule has 4 nitrogen and oxygen atoms in total. The Balaban J connectivity index is 1.67. The van der Waals surface area contributed by atoms with Gasteiger partial charge in [-0.2, -0.15) is 0 Å². The molecule has 0 radical (unpaired) electrons. The van der Waals surface area contributed by atoms with Crippen LogP contribution in [0.3, 0.4) is 0 Å². The van der Waals surface area contributed by atoms with E-state index in [4.69, 9.17) is 18.0 Å². The van der Waals surface area contributed by atoms with Crippen LogP contribution in [0.15, 0.2) is 47.4 Å². The van der Waals surface area contributed by atoms with Gasteiger partial charge in [-0.25, -0.2) is 0 Å². The standard InChI is InChI=1S/C18H13ClN2O2S/c1-2-11-4-3-5-13(8-11)20-17(22)10-16-18(23)21-14-9-12(19)6-7-15(14)24-16/h1,3-9,16H,10H2,(H,20,22)(H,21,23). The lowest BCUT2D eigenvalue weighted by Crippen LogP contribution is -2.32. The van der Waals surface area contributed by atoms with Crippen LogP contribution in [0, 0.1) is 12.3 Å². The van der Waals surface area contributed by atoms with Crippen LogP contribution < -0.4 is 10.6 Å². The highest BCUT2D eigenvalue weighted by Crippen LogP contribution is 2.38. The van der Waals surface area contributed by atoms with Crippen LogP contribution >= 0.6 is 23.4 Å². The van der Waals surface area contributed by atoms with Crippen LogP contribution in [-0.2, 0) is 9.59 Å². The van der Waals surface area contributed by atoms with Gasteiger partial charge in [0.15, 0.2) is 0 Å². The zero-order valence-corrected chi connectivity index (χ0v) is 14.1. The number of nitrogens with one attached hydrogen (secondary N) is 2. The van der Waals surface area contributed by atoms with E-state index < -0.39 is 5.25 Å². The second kappa shape index (κ2) is 7.00. The first-order valence-electron chi connectivity index (χ1n) is 7.19. The van der Waals surface area contributed by atoms with Crippen molar-refractivity contribution < 1.29 is 9.59 Å². The van der Waals surface area contributed by atoms with Crippen LogP contribution in [0.5, 0.6) is 0 Å². The second-order valence-corrected chi connectivity index (χ2v) is 6.89. The van der Waals surface area contributed by atoms with Gasteiger partial charge in [-0.3, -0.25) is 9.59 Å². The fourth-order valence-electron chi connectivity index (χ4n) is 2.32. The highest BCUT2D eigenvalue weighted by atomic mass is 35.5. The minimum absolute atomic E-state index is 0.0683. The Kier molecular flexibility index (Phi) is 4.79. The number of hydrogen-bond donors (Lipinski definition) is 2. The molecule has 24 heavy (non-hydrogen) atoms. The SMILES string of the molecule is C#Cc1cccc(NC(=O)CC2Sc3ccc(Cl)cc3NC2=O)c1. The lowest BCUT2D eigenvalue weighted by molar-refractivity contribution is -0.120. The Morgan fingerprint density at radius 2 is 2.17 bits per heavy atom. The zero-order chi connectivity index (χ0) is 17.1. The molecule has 1 heterocycles. The highest BCUT2D eigenvalue weighted by Gasteiger charge is 2.29. The number of fused-ring (bicyclic) bond motifs is 1. The number of carbonyl (C=O) groups excluding carboxylic acids is 2. The van der Waals surface area contributed by atoms with E-state index in [0.717, 1.165) is 4.90 Å². The molecule has 2 amide bonds. The molecule has 0 fully saturated rings. The quantitative estimate of drug-likeness (QED) is 0.823. The summed E-state index contributed by atoms with van der Waals surface area (Å²) in [6.07, 6.45) is 5.41. The molecule has 2 aromatic carbocycles. The molecule has 6 heteroatoms. The first kappa shape index (κ1) is 16.4. The first-order valence-corrected chi connectivity index (χ1v) is 8.44. The lowest BCUT2D eigenvalue weighted by Gasteiger charge is -2.23. The van der Waals surface area contributed by atoms with E-state index >= 15 is 0 Å². The third-order valence-electron chi connectivity index (χ3n) is 3.44. The minimum atomic E-state index is -0.491. The maximum absolute atomic E-state index is 12.2. The van der Waals surface area contributed by atoms with Crippen LogP contribution in [0.2, 0.25) is 5.02 Å². The van der Waals surface area contributed by atoms with Gasteiger partial charge in [0.2, 0.25) is 11.8 Å². The fraction of sp³-hybridized carbons (Fsp3) is 0.111. The van der Waals surface area contributed by atoms with Crippen molar-refractivity contribution in [1.82, 2.24) is 0 Å². The zero-order valence-electron chi connectivity index (χ0n) is 12.5. The van der Waals surface area contributed by atoms with Gasteiger partial charge in [-0.15, -0.1) is 18.2 Å². The van der Waals surface area contributed by atoms with Gasteiger partial charge in [-0.1, -0.05) is 23.6 Å². The van der Waals surface area contributed by atoms with E-state index in [1.54, 1.807) is 36.4 Å². The molecule has 1 unspecified atom stereocenters. The Morgan fingerprint density at radius 1 is 1.33 bits per heavy atom. The van der Waals surface area contributed by atoms with Crippen LogP contribution in [-0.4, -0.2) is 17.1 Å². The van der Waals surface area contributed by atoms with Crippen molar-refractivity contribution in [2.24, 2.45) is 0 Å². The van der Waals surface area contributed by atoms with E-state index in [2.05, 4.69) is 16.6 Å². The topological polar surface area (TPSA) is 58.2 Å². The average Bonchev–Trinajstić information content (AvgIpc) is 2.56. The largest absolute Gasteiger partial charge is 0.326 e. The van der Waals surface area contributed by atoms with Gasteiger partial charge >= 0.3 is 0 Å². The van der Waals surface area contributed by atoms with Gasteiger partial charge in [0, 0.05) is 27.6 Å². The van der Waals surface area contributed by atoms with Gasteiger partial charge in [0.1, 0.15) is 0 Å². The van der Waals surface area contributed by atoms with Crippen LogP contribution in [0.1, 0.15) is 12.0 Å². The summed E-state index contributed by atoms with van der Waals surface area (Å²) in [7, 11) is 0. The van der Waals surface area contributed by atoms with Crippen molar-refractivity contribution in [3.8, 4) is 12.3 Å². The summed E-state index contributed by atoms with van der Waals surface area (Å²) < 4.78 is 0. The Labute approximate surface area is 149 Å². The number of halogens is 1. The molecule has 1 atom stereocenters. The van der Waals surface area contributed by atoms with E-state index in [1.165, 1.54) is 11.8 Å². The molecule has 0 spiro atoms. The molecular weight excluding hydrogens is 344 g/mol. The number of thioether (sulfide) groups is 1. The lowest BCUT2D eigenvalue weighted by atomic mass is 10.2. The number of rotatable bonds is 3. The van der Waals surface area contributed by atoms with E-state index in [-0.39, 0.29) is 18.2 Å². The second-order valence-electron chi connectivity index (χ2n) is 5.21. The van der Waals surface area contributed by atoms with Crippen molar-refractivity contribution in [2.75, 3.05) is 10.6 Å². The van der Waals surface area contributed by atoms with Gasteiger partial charge < -0.3 is 10.6 Å². The molecule has 2 aromatic rings. The summed E-state index contributed by atoms with van der Waals surface area (Å²) in [6.45, 7) is 0. The molecule has 1 aliphatic rings. The monoisotopic (exact) mass is 356 g/mol. The van der Waals surface area contributed by atoms with Crippen molar-refractivity contribution in [2.45, 2.75) is 16.6 Å². The molecule has 1 aliphatic heterocycles. The van der Waals surface area contributed by atoms with Crippen molar-refractivity contribution in [1.29, 1.82) is 0 Å². The molecule has 0 aliphatic carbocycles. The Morgan fingerprint density at radius 3 is 2.96 bits per heavy atom. The third kappa shape index (κ3) is 3.73. The molecule has 0 saturated heterocycles. The van der Waals surface area contributed by atoms with Gasteiger partial charge in [0.25, 0.3) is 0 Å². The van der Waals surface area contributed by atoms with Crippen molar-refractivity contribution >= 4 is 46.6 Å². The third-order valence-corrected chi connectivity index (χ3v) is 4.96. The summed E-state index contributed by atoms with van der Waals surface area (Å²) in [5.74, 6) is 2.07. The fourth-order valence-corrected chi connectivity index (χ4v) is 3.59. The Hall–Kier alpha value is -2.42. The smallest absolute Gasteiger partial charge is 0.238 e. The van der Waals surface area contributed by atoms with E-state index in [0.29, 0.717) is 22.0 Å². The summed E-state index contributed by atoms with van der Waals surface area (Å²) in [4.78, 5) is 25.3. The number of amides is 2. The predicted molar refractivity (Wildman–Crippen MR) is 97.4 cm³/mol. The number of terminal acetylenes is 1. The number of benzene rings is 2. The van der Waals surface area contributed by atoms with E-state index in [9.17, 15) is 9.59 Å². The first-order chi connectivity index (χ1) is 11.5. The summed E-state index contributed by atoms with van der Waals surface area (Å²) in [5, 5.41) is 5.62. The molecule has 2 N–H and O–H groups in total. The predicted octanol–water partition coefficient (Wildman–Crippen LogP) is 3.76.